The van der Waals surface area contributed by atoms with Crippen LogP contribution in [0.3, 0.4) is 0 Å². The molecule has 0 amide bonds. The third-order valence-corrected chi connectivity index (χ3v) is 3.67. The predicted molar refractivity (Wildman–Crippen MR) is 77.8 cm³/mol. The van der Waals surface area contributed by atoms with E-state index in [1.165, 1.54) is 11.3 Å². The topological polar surface area (TPSA) is 42.5 Å². The normalized spacial score (nSPS) is 18.9. The van der Waals surface area contributed by atoms with E-state index in [1.54, 1.807) is 14.2 Å². The van der Waals surface area contributed by atoms with Gasteiger partial charge in [0.25, 0.3) is 0 Å². The Morgan fingerprint density at radius 3 is 3.00 bits per heavy atom. The fraction of sp³-hybridized carbons (Fsp3) is 0.600. The summed E-state index contributed by atoms with van der Waals surface area (Å²) in [5, 5.41) is 6.91. The van der Waals surface area contributed by atoms with Crippen LogP contribution in [0, 0.1) is 0 Å². The van der Waals surface area contributed by atoms with Gasteiger partial charge in [-0.05, 0) is 24.6 Å². The lowest BCUT2D eigenvalue weighted by atomic mass is 9.98. The molecule has 0 aromatic heterocycles. The highest BCUT2D eigenvalue weighted by Gasteiger charge is 2.20. The molecular formula is C15H24N2O2. The second-order valence-corrected chi connectivity index (χ2v) is 4.97. The molecule has 0 bridgehead atoms. The van der Waals surface area contributed by atoms with Gasteiger partial charge in [-0.25, -0.2) is 0 Å². The van der Waals surface area contributed by atoms with Crippen LogP contribution in [0.4, 0.5) is 5.69 Å². The first-order valence-electron chi connectivity index (χ1n) is 6.90. The summed E-state index contributed by atoms with van der Waals surface area (Å²) in [5.41, 5.74) is 2.74. The average Bonchev–Trinajstić information content (AvgIpc) is 2.85. The van der Waals surface area contributed by atoms with E-state index in [0.29, 0.717) is 12.5 Å². The van der Waals surface area contributed by atoms with Crippen LogP contribution in [0.5, 0.6) is 0 Å². The van der Waals surface area contributed by atoms with Crippen molar-refractivity contribution in [3.05, 3.63) is 29.8 Å². The molecule has 4 nitrogen and oxygen atoms in total. The summed E-state index contributed by atoms with van der Waals surface area (Å²) in [7, 11) is 3.43. The van der Waals surface area contributed by atoms with Crippen LogP contribution in [0.25, 0.3) is 0 Å². The number of anilines is 1. The van der Waals surface area contributed by atoms with Crippen molar-refractivity contribution in [2.45, 2.75) is 18.4 Å². The molecule has 0 radical (unpaired) electrons. The summed E-state index contributed by atoms with van der Waals surface area (Å²) in [4.78, 5) is 0. The fourth-order valence-electron chi connectivity index (χ4n) is 2.55. The van der Waals surface area contributed by atoms with E-state index in [2.05, 4.69) is 34.9 Å². The third-order valence-electron chi connectivity index (χ3n) is 3.67. The number of nitrogens with one attached hydrogen (secondary N) is 2. The number of rotatable bonds is 8. The maximum absolute atomic E-state index is 5.32. The fourth-order valence-corrected chi connectivity index (χ4v) is 2.55. The first-order valence-corrected chi connectivity index (χ1v) is 6.90. The molecule has 106 valence electrons. The molecule has 0 spiro atoms. The van der Waals surface area contributed by atoms with Gasteiger partial charge in [0.1, 0.15) is 0 Å². The molecule has 4 heteroatoms. The number of ether oxygens (including phenoxy) is 2. The molecular weight excluding hydrogens is 240 g/mol. The van der Waals surface area contributed by atoms with Crippen LogP contribution in [0.1, 0.15) is 17.9 Å². The zero-order chi connectivity index (χ0) is 13.5. The van der Waals surface area contributed by atoms with E-state index >= 15 is 0 Å². The molecule has 2 rings (SSSR count). The number of para-hydroxylation sites is 1. The SMILES string of the molecule is COCC(CNCCC1CNc2ccccc21)OC. The van der Waals surface area contributed by atoms with Crippen molar-refractivity contribution in [3.63, 3.8) is 0 Å². The van der Waals surface area contributed by atoms with Gasteiger partial charge in [0.05, 0.1) is 12.7 Å². The predicted octanol–water partition coefficient (Wildman–Crippen LogP) is 1.84. The Labute approximate surface area is 115 Å². The van der Waals surface area contributed by atoms with Gasteiger partial charge >= 0.3 is 0 Å². The molecule has 1 aromatic carbocycles. The zero-order valence-electron chi connectivity index (χ0n) is 11.8. The minimum atomic E-state index is 0.138. The van der Waals surface area contributed by atoms with Gasteiger partial charge in [0.2, 0.25) is 0 Å². The Morgan fingerprint density at radius 2 is 2.21 bits per heavy atom. The molecule has 2 N–H and O–H groups in total. The van der Waals surface area contributed by atoms with Crippen molar-refractivity contribution >= 4 is 5.69 Å². The molecule has 0 saturated carbocycles. The molecule has 1 aliphatic rings. The van der Waals surface area contributed by atoms with Crippen LogP contribution in [0.2, 0.25) is 0 Å². The van der Waals surface area contributed by atoms with Gasteiger partial charge in [0, 0.05) is 38.9 Å². The lowest BCUT2D eigenvalue weighted by Gasteiger charge is -2.16. The van der Waals surface area contributed by atoms with Crippen molar-refractivity contribution < 1.29 is 9.47 Å². The summed E-state index contributed by atoms with van der Waals surface area (Å²) in [5.74, 6) is 0.618. The molecule has 2 unspecified atom stereocenters. The van der Waals surface area contributed by atoms with Gasteiger partial charge in [-0.2, -0.15) is 0 Å². The summed E-state index contributed by atoms with van der Waals surface area (Å²) in [6.07, 6.45) is 1.28. The highest BCUT2D eigenvalue weighted by molar-refractivity contribution is 5.57. The van der Waals surface area contributed by atoms with Gasteiger partial charge in [0.15, 0.2) is 0 Å². The first-order chi connectivity index (χ1) is 9.35. The second kappa shape index (κ2) is 7.48. The van der Waals surface area contributed by atoms with Crippen LogP contribution >= 0.6 is 0 Å². The Kier molecular flexibility index (Phi) is 5.63. The lowest BCUT2D eigenvalue weighted by Crippen LogP contribution is -2.32. The number of fused-ring (bicyclic) bond motifs is 1. The van der Waals surface area contributed by atoms with Crippen LogP contribution in [-0.4, -0.2) is 46.6 Å². The summed E-state index contributed by atoms with van der Waals surface area (Å²) in [6.45, 7) is 3.53. The molecule has 1 aliphatic heterocycles. The Bertz CT molecular complexity index is 384. The summed E-state index contributed by atoms with van der Waals surface area (Å²) < 4.78 is 10.4. The van der Waals surface area contributed by atoms with Crippen LogP contribution in [-0.2, 0) is 9.47 Å². The van der Waals surface area contributed by atoms with Gasteiger partial charge < -0.3 is 20.1 Å². The van der Waals surface area contributed by atoms with Crippen molar-refractivity contribution in [1.82, 2.24) is 5.32 Å². The van der Waals surface area contributed by atoms with Crippen LogP contribution < -0.4 is 10.6 Å². The summed E-state index contributed by atoms with van der Waals surface area (Å²) in [6, 6.07) is 8.58. The van der Waals surface area contributed by atoms with E-state index in [0.717, 1.165) is 26.1 Å². The number of benzene rings is 1. The molecule has 1 aromatic rings. The van der Waals surface area contributed by atoms with Gasteiger partial charge in [-0.3, -0.25) is 0 Å². The molecule has 0 saturated heterocycles. The van der Waals surface area contributed by atoms with Crippen molar-refractivity contribution in [2.24, 2.45) is 0 Å². The van der Waals surface area contributed by atoms with E-state index in [9.17, 15) is 0 Å². The van der Waals surface area contributed by atoms with E-state index in [1.807, 2.05) is 0 Å². The molecule has 2 atom stereocenters. The maximum Gasteiger partial charge on any atom is 0.0928 e. The Morgan fingerprint density at radius 1 is 1.37 bits per heavy atom. The monoisotopic (exact) mass is 264 g/mol. The Balaban J connectivity index is 1.70. The second-order valence-electron chi connectivity index (χ2n) is 4.97. The molecule has 19 heavy (non-hydrogen) atoms. The highest BCUT2D eigenvalue weighted by Crippen LogP contribution is 2.32. The van der Waals surface area contributed by atoms with E-state index in [-0.39, 0.29) is 6.10 Å². The molecule has 1 heterocycles. The van der Waals surface area contributed by atoms with Crippen LogP contribution in [0.15, 0.2) is 24.3 Å². The van der Waals surface area contributed by atoms with Gasteiger partial charge in [-0.1, -0.05) is 18.2 Å². The standard InChI is InChI=1S/C15H24N2O2/c1-18-11-13(19-2)10-16-8-7-12-9-17-15-6-4-3-5-14(12)15/h3-6,12-13,16-17H,7-11H2,1-2H3. The number of hydrogen-bond acceptors (Lipinski definition) is 4. The van der Waals surface area contributed by atoms with Crippen molar-refractivity contribution in [2.75, 3.05) is 45.8 Å². The molecule has 0 aliphatic carbocycles. The third kappa shape index (κ3) is 3.93. The number of methoxy groups -OCH3 is 2. The lowest BCUT2D eigenvalue weighted by molar-refractivity contribution is 0.0290. The highest BCUT2D eigenvalue weighted by atomic mass is 16.5. The first kappa shape index (κ1) is 14.3. The zero-order valence-corrected chi connectivity index (χ0v) is 11.8. The quantitative estimate of drug-likeness (QED) is 0.703. The largest absolute Gasteiger partial charge is 0.384 e. The van der Waals surface area contributed by atoms with Crippen molar-refractivity contribution in [3.8, 4) is 0 Å². The van der Waals surface area contributed by atoms with Gasteiger partial charge in [-0.15, -0.1) is 0 Å². The molecule has 0 fully saturated rings. The van der Waals surface area contributed by atoms with E-state index in [4.69, 9.17) is 9.47 Å². The van der Waals surface area contributed by atoms with E-state index < -0.39 is 0 Å². The van der Waals surface area contributed by atoms with Crippen molar-refractivity contribution in [1.29, 1.82) is 0 Å². The average molecular weight is 264 g/mol. The number of hydrogen-bond donors (Lipinski definition) is 2. The minimum Gasteiger partial charge on any atom is -0.384 e. The maximum atomic E-state index is 5.32. The minimum absolute atomic E-state index is 0.138. The Hall–Kier alpha value is -1.10. The summed E-state index contributed by atoms with van der Waals surface area (Å²) >= 11 is 0. The smallest absolute Gasteiger partial charge is 0.0928 e.